The Bertz CT molecular complexity index is 415. The smallest absolute Gasteiger partial charge is 0.239 e. The fourth-order valence-electron chi connectivity index (χ4n) is 1.53. The quantitative estimate of drug-likeness (QED) is 0.556. The second-order valence-electron chi connectivity index (χ2n) is 3.94. The van der Waals surface area contributed by atoms with Crippen LogP contribution in [-0.2, 0) is 16.0 Å². The second-order valence-corrected chi connectivity index (χ2v) is 4.30. The molecule has 2 N–H and O–H groups in total. The summed E-state index contributed by atoms with van der Waals surface area (Å²) in [6.07, 6.45) is 3.09. The topological polar surface area (TPSA) is 76.1 Å². The summed E-state index contributed by atoms with van der Waals surface area (Å²) in [5.41, 5.74) is 0.844. The van der Waals surface area contributed by atoms with Crippen molar-refractivity contribution in [1.29, 1.82) is 0 Å². The van der Waals surface area contributed by atoms with Gasteiger partial charge < -0.3 is 15.4 Å². The molecule has 0 radical (unpaired) electrons. The predicted octanol–water partition coefficient (Wildman–Crippen LogP) is 1.26. The van der Waals surface area contributed by atoms with Gasteiger partial charge in [0.2, 0.25) is 5.91 Å². The Balaban J connectivity index is 2.52. The summed E-state index contributed by atoms with van der Waals surface area (Å²) >= 11 is 6.02. The average molecular weight is 287 g/mol. The molecule has 0 atom stereocenters. The molecule has 1 aromatic heterocycles. The van der Waals surface area contributed by atoms with Gasteiger partial charge in [0.25, 0.3) is 0 Å². The number of hydrogen-bond acceptors (Lipinski definition) is 5. The molecule has 7 heteroatoms. The zero-order chi connectivity index (χ0) is 14.1. The van der Waals surface area contributed by atoms with Crippen molar-refractivity contribution in [2.45, 2.75) is 19.8 Å². The van der Waals surface area contributed by atoms with Gasteiger partial charge >= 0.3 is 0 Å². The lowest BCUT2D eigenvalue weighted by molar-refractivity contribution is -0.119. The molecule has 1 aromatic rings. The number of halogens is 1. The Morgan fingerprint density at radius 2 is 2.26 bits per heavy atom. The maximum absolute atomic E-state index is 11.5. The molecular weight excluding hydrogens is 268 g/mol. The first kappa shape index (κ1) is 15.7. The molecule has 1 amide bonds. The number of methoxy groups -OCH3 is 1. The van der Waals surface area contributed by atoms with Crippen molar-refractivity contribution in [3.05, 3.63) is 17.0 Å². The molecule has 6 nitrogen and oxygen atoms in total. The lowest BCUT2D eigenvalue weighted by atomic mass is 10.2. The van der Waals surface area contributed by atoms with Crippen LogP contribution in [0.3, 0.4) is 0 Å². The van der Waals surface area contributed by atoms with Gasteiger partial charge in [-0.2, -0.15) is 0 Å². The number of aromatic nitrogens is 2. The third kappa shape index (κ3) is 5.40. The van der Waals surface area contributed by atoms with E-state index in [4.69, 9.17) is 16.3 Å². The number of nitrogens with one attached hydrogen (secondary N) is 2. The molecule has 0 aromatic carbocycles. The van der Waals surface area contributed by atoms with E-state index in [0.717, 1.165) is 18.4 Å². The third-order valence-electron chi connectivity index (χ3n) is 2.44. The number of nitrogens with zero attached hydrogens (tertiary/aromatic N) is 2. The molecule has 0 unspecified atom stereocenters. The highest BCUT2D eigenvalue weighted by Crippen LogP contribution is 2.20. The van der Waals surface area contributed by atoms with Gasteiger partial charge in [0.15, 0.2) is 0 Å². The lowest BCUT2D eigenvalue weighted by Crippen LogP contribution is -2.32. The van der Waals surface area contributed by atoms with Gasteiger partial charge in [-0.1, -0.05) is 24.9 Å². The van der Waals surface area contributed by atoms with Gasteiger partial charge in [-0.25, -0.2) is 9.97 Å². The molecule has 0 aliphatic heterocycles. The molecule has 0 aliphatic rings. The predicted molar refractivity (Wildman–Crippen MR) is 74.4 cm³/mol. The summed E-state index contributed by atoms with van der Waals surface area (Å²) in [5, 5.41) is 6.12. The van der Waals surface area contributed by atoms with E-state index in [2.05, 4.69) is 20.6 Å². The van der Waals surface area contributed by atoms with Gasteiger partial charge in [-0.3, -0.25) is 4.79 Å². The number of amides is 1. The lowest BCUT2D eigenvalue weighted by Gasteiger charge is -2.11. The Morgan fingerprint density at radius 3 is 2.95 bits per heavy atom. The van der Waals surface area contributed by atoms with E-state index in [9.17, 15) is 4.79 Å². The fourth-order valence-corrected chi connectivity index (χ4v) is 1.76. The summed E-state index contributed by atoms with van der Waals surface area (Å²) in [7, 11) is 1.59. The summed E-state index contributed by atoms with van der Waals surface area (Å²) < 4.78 is 4.85. The average Bonchev–Trinajstić information content (AvgIpc) is 2.40. The number of anilines is 1. The van der Waals surface area contributed by atoms with E-state index in [-0.39, 0.29) is 12.5 Å². The first-order valence-electron chi connectivity index (χ1n) is 6.17. The number of ether oxygens (including phenoxy) is 1. The van der Waals surface area contributed by atoms with E-state index in [1.165, 1.54) is 6.33 Å². The molecule has 0 bridgehead atoms. The minimum atomic E-state index is -0.116. The monoisotopic (exact) mass is 286 g/mol. The molecule has 19 heavy (non-hydrogen) atoms. The van der Waals surface area contributed by atoms with Crippen LogP contribution >= 0.6 is 11.6 Å². The number of hydrogen-bond donors (Lipinski definition) is 2. The summed E-state index contributed by atoms with van der Waals surface area (Å²) in [5.74, 6) is 0.498. The van der Waals surface area contributed by atoms with Crippen LogP contribution in [0.5, 0.6) is 0 Å². The largest absolute Gasteiger partial charge is 0.383 e. The molecule has 0 aliphatic carbocycles. The molecule has 1 rings (SSSR count). The molecule has 106 valence electrons. The van der Waals surface area contributed by atoms with E-state index in [1.807, 2.05) is 6.92 Å². The third-order valence-corrected chi connectivity index (χ3v) is 2.76. The van der Waals surface area contributed by atoms with E-state index in [0.29, 0.717) is 24.1 Å². The minimum Gasteiger partial charge on any atom is -0.383 e. The van der Waals surface area contributed by atoms with Crippen molar-refractivity contribution in [3.8, 4) is 0 Å². The Labute approximate surface area is 117 Å². The first-order chi connectivity index (χ1) is 9.19. The fraction of sp³-hybridized carbons (Fsp3) is 0.583. The Hall–Kier alpha value is -1.40. The maximum Gasteiger partial charge on any atom is 0.239 e. The number of carbonyl (C=O) groups is 1. The summed E-state index contributed by atoms with van der Waals surface area (Å²) in [6.45, 7) is 3.17. The number of rotatable bonds is 8. The SMILES string of the molecule is CCCc1c(Cl)ncnc1NCC(=O)NCCOC. The Morgan fingerprint density at radius 1 is 1.47 bits per heavy atom. The van der Waals surface area contributed by atoms with E-state index >= 15 is 0 Å². The van der Waals surface area contributed by atoms with Crippen LogP contribution in [0.1, 0.15) is 18.9 Å². The zero-order valence-corrected chi connectivity index (χ0v) is 12.0. The zero-order valence-electron chi connectivity index (χ0n) is 11.2. The van der Waals surface area contributed by atoms with Crippen LogP contribution in [0.25, 0.3) is 0 Å². The first-order valence-corrected chi connectivity index (χ1v) is 6.55. The van der Waals surface area contributed by atoms with Crippen molar-refractivity contribution < 1.29 is 9.53 Å². The van der Waals surface area contributed by atoms with Crippen molar-refractivity contribution in [2.24, 2.45) is 0 Å². The molecule has 0 spiro atoms. The summed E-state index contributed by atoms with van der Waals surface area (Å²) in [6, 6.07) is 0. The van der Waals surface area contributed by atoms with Gasteiger partial charge in [0.05, 0.1) is 13.2 Å². The van der Waals surface area contributed by atoms with Gasteiger partial charge in [0.1, 0.15) is 17.3 Å². The Kier molecular flexibility index (Phi) is 7.14. The van der Waals surface area contributed by atoms with Crippen LogP contribution in [0.4, 0.5) is 5.82 Å². The molecular formula is C12H19ClN4O2. The molecule has 1 heterocycles. The van der Waals surface area contributed by atoms with Crippen LogP contribution in [0, 0.1) is 0 Å². The van der Waals surface area contributed by atoms with Crippen LogP contribution < -0.4 is 10.6 Å². The molecule has 0 fully saturated rings. The molecule has 0 saturated heterocycles. The van der Waals surface area contributed by atoms with E-state index < -0.39 is 0 Å². The highest BCUT2D eigenvalue weighted by molar-refractivity contribution is 6.30. The molecule has 0 saturated carbocycles. The van der Waals surface area contributed by atoms with Crippen LogP contribution in [0.15, 0.2) is 6.33 Å². The van der Waals surface area contributed by atoms with Crippen molar-refractivity contribution in [2.75, 3.05) is 32.1 Å². The van der Waals surface area contributed by atoms with Crippen LogP contribution in [-0.4, -0.2) is 42.7 Å². The normalized spacial score (nSPS) is 10.3. The number of carbonyl (C=O) groups excluding carboxylic acids is 1. The van der Waals surface area contributed by atoms with Gasteiger partial charge in [-0.05, 0) is 6.42 Å². The van der Waals surface area contributed by atoms with Crippen molar-refractivity contribution >= 4 is 23.3 Å². The van der Waals surface area contributed by atoms with E-state index in [1.54, 1.807) is 7.11 Å². The maximum atomic E-state index is 11.5. The van der Waals surface area contributed by atoms with Crippen LogP contribution in [0.2, 0.25) is 5.15 Å². The van der Waals surface area contributed by atoms with Crippen molar-refractivity contribution in [3.63, 3.8) is 0 Å². The standard InChI is InChI=1S/C12H19ClN4O2/c1-3-4-9-11(13)16-8-17-12(9)15-7-10(18)14-5-6-19-2/h8H,3-7H2,1-2H3,(H,14,18)(H,15,16,17). The highest BCUT2D eigenvalue weighted by Gasteiger charge is 2.10. The van der Waals surface area contributed by atoms with Gasteiger partial charge in [0, 0.05) is 19.2 Å². The van der Waals surface area contributed by atoms with Crippen molar-refractivity contribution in [1.82, 2.24) is 15.3 Å². The second kappa shape index (κ2) is 8.66. The van der Waals surface area contributed by atoms with Gasteiger partial charge in [-0.15, -0.1) is 0 Å². The highest BCUT2D eigenvalue weighted by atomic mass is 35.5. The summed E-state index contributed by atoms with van der Waals surface area (Å²) in [4.78, 5) is 19.6. The minimum absolute atomic E-state index is 0.116.